The second-order valence-corrected chi connectivity index (χ2v) is 6.24. The Bertz CT molecular complexity index is 586. The molecule has 0 aliphatic rings. The molecule has 0 atom stereocenters. The molecule has 0 saturated heterocycles. The number of sulfonamides is 1. The van der Waals surface area contributed by atoms with Crippen molar-refractivity contribution in [2.24, 2.45) is 0 Å². The van der Waals surface area contributed by atoms with Crippen LogP contribution in [0.25, 0.3) is 0 Å². The molecule has 1 rings (SSSR count). The van der Waals surface area contributed by atoms with E-state index in [4.69, 9.17) is 5.73 Å². The van der Waals surface area contributed by atoms with Crippen LogP contribution in [-0.4, -0.2) is 30.7 Å². The maximum absolute atomic E-state index is 12.4. The maximum atomic E-state index is 12.4. The topological polar surface area (TPSA) is 107 Å². The lowest BCUT2D eigenvalue weighted by Crippen LogP contribution is -2.32. The lowest BCUT2D eigenvalue weighted by atomic mass is 10.3. The minimum atomic E-state index is -3.71. The van der Waals surface area contributed by atoms with Gasteiger partial charge in [-0.1, -0.05) is 20.3 Å². The van der Waals surface area contributed by atoms with Gasteiger partial charge in [0.2, 0.25) is 10.0 Å². The highest BCUT2D eigenvalue weighted by Gasteiger charge is 2.26. The summed E-state index contributed by atoms with van der Waals surface area (Å²) in [7, 11) is -3.71. The molecule has 0 aliphatic carbocycles. The van der Waals surface area contributed by atoms with Gasteiger partial charge in [-0.15, -0.1) is 0 Å². The third-order valence-corrected chi connectivity index (χ3v) is 4.98. The Hall–Kier alpha value is -1.67. The zero-order chi connectivity index (χ0) is 15.3. The summed E-state index contributed by atoms with van der Waals surface area (Å²) in [5.74, 6) is 0. The number of nitrogens with two attached hydrogens (primary N) is 1. The van der Waals surface area contributed by atoms with Gasteiger partial charge in [0.15, 0.2) is 0 Å². The number of unbranched alkanes of at least 4 members (excludes halogenated alkanes) is 1. The van der Waals surface area contributed by atoms with Crippen molar-refractivity contribution in [3.63, 3.8) is 0 Å². The van der Waals surface area contributed by atoms with Gasteiger partial charge in [-0.3, -0.25) is 10.1 Å². The summed E-state index contributed by atoms with van der Waals surface area (Å²) in [6.45, 7) is 4.46. The van der Waals surface area contributed by atoms with Gasteiger partial charge in [0, 0.05) is 25.2 Å². The van der Waals surface area contributed by atoms with E-state index in [0.717, 1.165) is 25.0 Å². The summed E-state index contributed by atoms with van der Waals surface area (Å²) in [6.07, 6.45) is 1.63. The van der Waals surface area contributed by atoms with Gasteiger partial charge in [-0.2, -0.15) is 4.31 Å². The van der Waals surface area contributed by atoms with Crippen molar-refractivity contribution >= 4 is 21.4 Å². The summed E-state index contributed by atoms with van der Waals surface area (Å²) in [5.41, 5.74) is 5.33. The van der Waals surface area contributed by atoms with E-state index in [1.807, 2.05) is 6.92 Å². The number of nitrogens with zero attached hydrogens (tertiary/aromatic N) is 2. The largest absolute Gasteiger partial charge is 0.397 e. The van der Waals surface area contributed by atoms with Crippen LogP contribution in [0.2, 0.25) is 0 Å². The monoisotopic (exact) mass is 301 g/mol. The zero-order valence-electron chi connectivity index (χ0n) is 11.6. The van der Waals surface area contributed by atoms with Crippen molar-refractivity contribution in [3.05, 3.63) is 28.3 Å². The van der Waals surface area contributed by atoms with Crippen LogP contribution in [0.3, 0.4) is 0 Å². The zero-order valence-corrected chi connectivity index (χ0v) is 12.4. The van der Waals surface area contributed by atoms with Crippen LogP contribution < -0.4 is 5.73 Å². The number of hydrogen-bond acceptors (Lipinski definition) is 5. The fourth-order valence-electron chi connectivity index (χ4n) is 1.81. The molecule has 0 aromatic heterocycles. The van der Waals surface area contributed by atoms with Crippen molar-refractivity contribution in [2.75, 3.05) is 18.8 Å². The van der Waals surface area contributed by atoms with Gasteiger partial charge in [-0.05, 0) is 12.5 Å². The molecule has 0 radical (unpaired) electrons. The molecule has 20 heavy (non-hydrogen) atoms. The number of nitro benzene ring substituents is 1. The first-order valence-electron chi connectivity index (χ1n) is 6.38. The lowest BCUT2D eigenvalue weighted by molar-refractivity contribution is -0.384. The van der Waals surface area contributed by atoms with Crippen molar-refractivity contribution in [1.82, 2.24) is 4.31 Å². The van der Waals surface area contributed by atoms with Crippen molar-refractivity contribution < 1.29 is 13.3 Å². The Morgan fingerprint density at radius 1 is 1.35 bits per heavy atom. The van der Waals surface area contributed by atoms with Gasteiger partial charge in [0.1, 0.15) is 4.90 Å². The van der Waals surface area contributed by atoms with Crippen LogP contribution in [0.15, 0.2) is 23.1 Å². The SMILES string of the molecule is CCCCN(CC)S(=O)(=O)c1ccc([N+](=O)[O-])cc1N. The predicted molar refractivity (Wildman–Crippen MR) is 76.8 cm³/mol. The highest BCUT2D eigenvalue weighted by Crippen LogP contribution is 2.26. The van der Waals surface area contributed by atoms with Crippen molar-refractivity contribution in [1.29, 1.82) is 0 Å². The molecule has 0 spiro atoms. The number of nitrogen functional groups attached to an aromatic ring is 1. The molecule has 0 aliphatic heterocycles. The number of rotatable bonds is 7. The van der Waals surface area contributed by atoms with Crippen LogP contribution in [0.4, 0.5) is 11.4 Å². The van der Waals surface area contributed by atoms with Crippen molar-refractivity contribution in [3.8, 4) is 0 Å². The van der Waals surface area contributed by atoms with Gasteiger partial charge in [-0.25, -0.2) is 8.42 Å². The molecule has 1 aromatic rings. The van der Waals surface area contributed by atoms with E-state index in [2.05, 4.69) is 0 Å². The smallest absolute Gasteiger partial charge is 0.271 e. The summed E-state index contributed by atoms with van der Waals surface area (Å²) >= 11 is 0. The molecular formula is C12H19N3O4S. The third-order valence-electron chi connectivity index (χ3n) is 2.94. The fourth-order valence-corrected chi connectivity index (χ4v) is 3.39. The Morgan fingerprint density at radius 3 is 2.45 bits per heavy atom. The van der Waals surface area contributed by atoms with E-state index < -0.39 is 14.9 Å². The summed E-state index contributed by atoms with van der Waals surface area (Å²) < 4.78 is 26.2. The second-order valence-electron chi connectivity index (χ2n) is 4.33. The van der Waals surface area contributed by atoms with E-state index in [-0.39, 0.29) is 16.3 Å². The third kappa shape index (κ3) is 3.45. The van der Waals surface area contributed by atoms with Crippen molar-refractivity contribution in [2.45, 2.75) is 31.6 Å². The molecule has 0 unspecified atom stereocenters. The molecular weight excluding hydrogens is 282 g/mol. The highest BCUT2D eigenvalue weighted by molar-refractivity contribution is 7.89. The number of non-ortho nitro benzene ring substituents is 1. The van der Waals surface area contributed by atoms with Gasteiger partial charge >= 0.3 is 0 Å². The van der Waals surface area contributed by atoms with Crippen LogP contribution in [0.5, 0.6) is 0 Å². The first-order valence-corrected chi connectivity index (χ1v) is 7.82. The highest BCUT2D eigenvalue weighted by atomic mass is 32.2. The van der Waals surface area contributed by atoms with E-state index in [9.17, 15) is 18.5 Å². The Kier molecular flexibility index (Phi) is 5.46. The van der Waals surface area contributed by atoms with E-state index in [1.165, 1.54) is 10.4 Å². The molecule has 0 heterocycles. The quantitative estimate of drug-likeness (QED) is 0.471. The molecule has 2 N–H and O–H groups in total. The van der Waals surface area contributed by atoms with E-state index >= 15 is 0 Å². The fraction of sp³-hybridized carbons (Fsp3) is 0.500. The standard InChI is InChI=1S/C12H19N3O4S/c1-3-5-8-14(4-2)20(18,19)12-7-6-10(15(16)17)9-11(12)13/h6-7,9H,3-5,8,13H2,1-2H3. The Morgan fingerprint density at radius 2 is 2.00 bits per heavy atom. The summed E-state index contributed by atoms with van der Waals surface area (Å²) in [4.78, 5) is 9.94. The maximum Gasteiger partial charge on any atom is 0.271 e. The van der Waals surface area contributed by atoms with E-state index in [1.54, 1.807) is 6.92 Å². The molecule has 0 amide bonds. The summed E-state index contributed by atoms with van der Waals surface area (Å²) in [6, 6.07) is 3.41. The first-order chi connectivity index (χ1) is 9.34. The average molecular weight is 301 g/mol. The number of benzene rings is 1. The Balaban J connectivity index is 3.17. The predicted octanol–water partition coefficient (Wildman–Crippen LogP) is 1.99. The molecule has 0 bridgehead atoms. The molecule has 1 aromatic carbocycles. The van der Waals surface area contributed by atoms with Gasteiger partial charge in [0.05, 0.1) is 10.6 Å². The van der Waals surface area contributed by atoms with Crippen LogP contribution in [-0.2, 0) is 10.0 Å². The molecule has 8 heteroatoms. The number of anilines is 1. The van der Waals surface area contributed by atoms with Crippen LogP contribution in [0.1, 0.15) is 26.7 Å². The average Bonchev–Trinajstić information content (AvgIpc) is 2.38. The first kappa shape index (κ1) is 16.4. The second kappa shape index (κ2) is 6.67. The number of nitro groups is 1. The van der Waals surface area contributed by atoms with Gasteiger partial charge in [0.25, 0.3) is 5.69 Å². The normalized spacial score (nSPS) is 11.8. The molecule has 0 saturated carbocycles. The molecule has 112 valence electrons. The van der Waals surface area contributed by atoms with Gasteiger partial charge < -0.3 is 5.73 Å². The number of hydrogen-bond donors (Lipinski definition) is 1. The Labute approximate surface area is 118 Å². The minimum Gasteiger partial charge on any atom is -0.397 e. The molecule has 7 nitrogen and oxygen atoms in total. The summed E-state index contributed by atoms with van der Waals surface area (Å²) in [5, 5.41) is 10.6. The van der Waals surface area contributed by atoms with Crippen LogP contribution >= 0.6 is 0 Å². The lowest BCUT2D eigenvalue weighted by Gasteiger charge is -2.21. The van der Waals surface area contributed by atoms with E-state index in [0.29, 0.717) is 13.1 Å². The molecule has 0 fully saturated rings. The van der Waals surface area contributed by atoms with Crippen LogP contribution in [0, 0.1) is 10.1 Å². The minimum absolute atomic E-state index is 0.0824.